The largest absolute Gasteiger partial charge is 0.491 e. The molecule has 0 atom stereocenters. The van der Waals surface area contributed by atoms with Crippen LogP contribution in [0.15, 0.2) is 42.9 Å². The molecule has 3 aromatic heterocycles. The molecule has 4 aromatic rings. The standard InChI is InChI=1S/C18H16N6O3/c1-10(2)27-12-3-4-14-13(7-12)16(23-22-14)17-19-6-5-15(21-17)24-9-11(8-20-24)18(25)26/h3-10H,1-2H3,(H,22,23)(H,25,26). The normalized spacial score (nSPS) is 11.2. The van der Waals surface area contributed by atoms with Crippen LogP contribution in [-0.2, 0) is 0 Å². The van der Waals surface area contributed by atoms with Crippen molar-refractivity contribution in [2.24, 2.45) is 0 Å². The Morgan fingerprint density at radius 2 is 2.15 bits per heavy atom. The molecular weight excluding hydrogens is 348 g/mol. The number of rotatable bonds is 5. The van der Waals surface area contributed by atoms with Gasteiger partial charge in [-0.05, 0) is 32.0 Å². The number of ether oxygens (including phenoxy) is 1. The van der Waals surface area contributed by atoms with Crippen molar-refractivity contribution in [3.8, 4) is 23.1 Å². The molecule has 0 aliphatic rings. The van der Waals surface area contributed by atoms with Crippen LogP contribution >= 0.6 is 0 Å². The predicted octanol–water partition coefficient (Wildman–Crippen LogP) is 2.69. The van der Waals surface area contributed by atoms with Crippen LogP contribution in [0.5, 0.6) is 5.75 Å². The summed E-state index contributed by atoms with van der Waals surface area (Å²) in [5.41, 5.74) is 1.49. The first-order valence-electron chi connectivity index (χ1n) is 8.28. The van der Waals surface area contributed by atoms with Gasteiger partial charge in [0.2, 0.25) is 0 Å². The average Bonchev–Trinajstić information content (AvgIpc) is 3.28. The molecule has 0 bridgehead atoms. The Hall–Kier alpha value is -3.75. The third-order valence-electron chi connectivity index (χ3n) is 3.82. The maximum absolute atomic E-state index is 11.0. The Balaban J connectivity index is 1.76. The molecule has 1 aromatic carbocycles. The summed E-state index contributed by atoms with van der Waals surface area (Å²) in [5, 5.41) is 21.2. The summed E-state index contributed by atoms with van der Waals surface area (Å²) in [4.78, 5) is 19.8. The summed E-state index contributed by atoms with van der Waals surface area (Å²) in [7, 11) is 0. The number of hydrogen-bond donors (Lipinski definition) is 2. The summed E-state index contributed by atoms with van der Waals surface area (Å²) in [6.45, 7) is 3.92. The molecule has 0 saturated carbocycles. The molecule has 0 amide bonds. The van der Waals surface area contributed by atoms with Gasteiger partial charge in [-0.1, -0.05) is 0 Å². The molecule has 0 fully saturated rings. The zero-order valence-electron chi connectivity index (χ0n) is 14.6. The van der Waals surface area contributed by atoms with E-state index in [1.54, 1.807) is 12.3 Å². The van der Waals surface area contributed by atoms with E-state index >= 15 is 0 Å². The van der Waals surface area contributed by atoms with E-state index in [1.165, 1.54) is 17.1 Å². The van der Waals surface area contributed by atoms with Crippen molar-refractivity contribution in [2.45, 2.75) is 20.0 Å². The average molecular weight is 364 g/mol. The SMILES string of the molecule is CC(C)Oc1ccc2[nH]nc(-c3nccc(-n4cc(C(=O)O)cn4)n3)c2c1. The highest BCUT2D eigenvalue weighted by Gasteiger charge is 2.14. The van der Waals surface area contributed by atoms with E-state index in [2.05, 4.69) is 25.3 Å². The van der Waals surface area contributed by atoms with E-state index in [9.17, 15) is 4.79 Å². The van der Waals surface area contributed by atoms with Crippen molar-refractivity contribution < 1.29 is 14.6 Å². The highest BCUT2D eigenvalue weighted by molar-refractivity contribution is 5.92. The number of fused-ring (bicyclic) bond motifs is 1. The van der Waals surface area contributed by atoms with Gasteiger partial charge < -0.3 is 9.84 Å². The van der Waals surface area contributed by atoms with Crippen LogP contribution in [-0.4, -0.2) is 47.1 Å². The summed E-state index contributed by atoms with van der Waals surface area (Å²) < 4.78 is 7.13. The van der Waals surface area contributed by atoms with Gasteiger partial charge in [-0.25, -0.2) is 19.4 Å². The molecule has 0 aliphatic heterocycles. The molecular formula is C18H16N6O3. The van der Waals surface area contributed by atoms with Crippen molar-refractivity contribution in [1.82, 2.24) is 29.9 Å². The number of aromatic carboxylic acids is 1. The molecule has 4 rings (SSSR count). The molecule has 0 unspecified atom stereocenters. The highest BCUT2D eigenvalue weighted by atomic mass is 16.5. The van der Waals surface area contributed by atoms with Gasteiger partial charge in [0.05, 0.1) is 23.4 Å². The lowest BCUT2D eigenvalue weighted by Gasteiger charge is -2.09. The lowest BCUT2D eigenvalue weighted by Crippen LogP contribution is -2.05. The molecule has 3 heterocycles. The van der Waals surface area contributed by atoms with Gasteiger partial charge in [-0.3, -0.25) is 5.10 Å². The number of H-pyrrole nitrogens is 1. The lowest BCUT2D eigenvalue weighted by atomic mass is 10.2. The van der Waals surface area contributed by atoms with E-state index < -0.39 is 5.97 Å². The molecule has 0 aliphatic carbocycles. The van der Waals surface area contributed by atoms with Gasteiger partial charge in [0.15, 0.2) is 11.6 Å². The number of nitrogens with one attached hydrogen (secondary N) is 1. The summed E-state index contributed by atoms with van der Waals surface area (Å²) in [5.74, 6) is 0.520. The molecule has 27 heavy (non-hydrogen) atoms. The second-order valence-corrected chi connectivity index (χ2v) is 6.16. The number of aromatic nitrogens is 6. The summed E-state index contributed by atoms with van der Waals surface area (Å²) in [6, 6.07) is 7.30. The van der Waals surface area contributed by atoms with Crippen LogP contribution in [0.3, 0.4) is 0 Å². The number of benzene rings is 1. The summed E-state index contributed by atoms with van der Waals surface area (Å²) in [6.07, 6.45) is 4.30. The quantitative estimate of drug-likeness (QED) is 0.559. The molecule has 9 heteroatoms. The monoisotopic (exact) mass is 364 g/mol. The maximum atomic E-state index is 11.0. The van der Waals surface area contributed by atoms with Crippen molar-refractivity contribution >= 4 is 16.9 Å². The highest BCUT2D eigenvalue weighted by Crippen LogP contribution is 2.28. The van der Waals surface area contributed by atoms with Crippen LogP contribution in [0.25, 0.3) is 28.2 Å². The molecule has 0 spiro atoms. The Morgan fingerprint density at radius 1 is 1.30 bits per heavy atom. The number of aromatic amines is 1. The Bertz CT molecular complexity index is 1130. The zero-order chi connectivity index (χ0) is 19.0. The van der Waals surface area contributed by atoms with Gasteiger partial charge in [-0.2, -0.15) is 10.2 Å². The van der Waals surface area contributed by atoms with Crippen LogP contribution in [0, 0.1) is 0 Å². The minimum Gasteiger partial charge on any atom is -0.491 e. The fourth-order valence-electron chi connectivity index (χ4n) is 2.66. The third kappa shape index (κ3) is 3.22. The van der Waals surface area contributed by atoms with Gasteiger partial charge in [0, 0.05) is 23.8 Å². The van der Waals surface area contributed by atoms with Crippen LogP contribution < -0.4 is 4.74 Å². The van der Waals surface area contributed by atoms with E-state index in [-0.39, 0.29) is 11.7 Å². The number of carboxylic acid groups (broad SMARTS) is 1. The van der Waals surface area contributed by atoms with Gasteiger partial charge >= 0.3 is 5.97 Å². The van der Waals surface area contributed by atoms with E-state index in [1.807, 2.05) is 32.0 Å². The molecule has 2 N–H and O–H groups in total. The minimum atomic E-state index is -1.05. The number of carboxylic acids is 1. The first-order valence-corrected chi connectivity index (χ1v) is 8.28. The van der Waals surface area contributed by atoms with Crippen molar-refractivity contribution in [3.63, 3.8) is 0 Å². The van der Waals surface area contributed by atoms with Gasteiger partial charge in [0.1, 0.15) is 11.4 Å². The Morgan fingerprint density at radius 3 is 2.89 bits per heavy atom. The van der Waals surface area contributed by atoms with Gasteiger partial charge in [0.25, 0.3) is 0 Å². The molecule has 9 nitrogen and oxygen atoms in total. The van der Waals surface area contributed by atoms with E-state index in [0.717, 1.165) is 16.7 Å². The van der Waals surface area contributed by atoms with E-state index in [0.29, 0.717) is 17.3 Å². The van der Waals surface area contributed by atoms with Crippen molar-refractivity contribution in [3.05, 3.63) is 48.4 Å². The second kappa shape index (κ2) is 6.52. The van der Waals surface area contributed by atoms with Crippen molar-refractivity contribution in [2.75, 3.05) is 0 Å². The number of hydrogen-bond acceptors (Lipinski definition) is 6. The van der Waals surface area contributed by atoms with Crippen LogP contribution in [0.4, 0.5) is 0 Å². The maximum Gasteiger partial charge on any atom is 0.338 e. The van der Waals surface area contributed by atoms with Gasteiger partial charge in [-0.15, -0.1) is 0 Å². The predicted molar refractivity (Wildman–Crippen MR) is 97.0 cm³/mol. The number of carbonyl (C=O) groups is 1. The Labute approximate surface area is 153 Å². The fourth-order valence-corrected chi connectivity index (χ4v) is 2.66. The minimum absolute atomic E-state index is 0.0561. The molecule has 0 saturated heterocycles. The topological polar surface area (TPSA) is 119 Å². The third-order valence-corrected chi connectivity index (χ3v) is 3.82. The first kappa shape index (κ1) is 16.7. The smallest absolute Gasteiger partial charge is 0.338 e. The molecule has 136 valence electrons. The zero-order valence-corrected chi connectivity index (χ0v) is 14.6. The lowest BCUT2D eigenvalue weighted by molar-refractivity contribution is 0.0697. The first-order chi connectivity index (χ1) is 13.0. The van der Waals surface area contributed by atoms with Crippen LogP contribution in [0.2, 0.25) is 0 Å². The Kier molecular flexibility index (Phi) is 4.03. The van der Waals surface area contributed by atoms with E-state index in [4.69, 9.17) is 9.84 Å². The number of nitrogens with zero attached hydrogens (tertiary/aromatic N) is 5. The molecule has 0 radical (unpaired) electrons. The fraction of sp³-hybridized carbons (Fsp3) is 0.167. The van der Waals surface area contributed by atoms with Crippen molar-refractivity contribution in [1.29, 1.82) is 0 Å². The van der Waals surface area contributed by atoms with Crippen LogP contribution in [0.1, 0.15) is 24.2 Å². The summed E-state index contributed by atoms with van der Waals surface area (Å²) >= 11 is 0. The second-order valence-electron chi connectivity index (χ2n) is 6.16.